The number of rotatable bonds is 3. The van der Waals surface area contributed by atoms with Crippen molar-refractivity contribution in [1.29, 1.82) is 0 Å². The Morgan fingerprint density at radius 1 is 1.21 bits per heavy atom. The molecule has 6 aliphatic rings. The van der Waals surface area contributed by atoms with Crippen LogP contribution in [0, 0.1) is 23.2 Å². The van der Waals surface area contributed by atoms with E-state index in [1.807, 2.05) is 4.90 Å². The third-order valence-corrected chi connectivity index (χ3v) is 9.25. The van der Waals surface area contributed by atoms with Gasteiger partial charge in [0, 0.05) is 24.8 Å². The second-order valence-corrected chi connectivity index (χ2v) is 10.5. The van der Waals surface area contributed by atoms with Gasteiger partial charge in [-0.3, -0.25) is 9.59 Å². The molecule has 2 saturated heterocycles. The molecule has 4 aliphatic carbocycles. The molecule has 2 heterocycles. The van der Waals surface area contributed by atoms with E-state index in [4.69, 9.17) is 0 Å². The maximum Gasteiger partial charge on any atom is 0.256 e. The van der Waals surface area contributed by atoms with Gasteiger partial charge >= 0.3 is 0 Å². The normalized spacial score (nSPS) is 47.1. The van der Waals surface area contributed by atoms with Crippen LogP contribution in [0.3, 0.4) is 0 Å². The molecule has 4 bridgehead atoms. The number of hydrogen-bond acceptors (Lipinski definition) is 3. The van der Waals surface area contributed by atoms with Gasteiger partial charge < -0.3 is 10.2 Å². The molecule has 0 aromatic carbocycles. The Labute approximate surface area is 148 Å². The molecule has 2 unspecified atom stereocenters. The average molecular weight is 349 g/mol. The molecule has 24 heavy (non-hydrogen) atoms. The van der Waals surface area contributed by atoms with Crippen LogP contribution in [0.1, 0.15) is 58.3 Å². The number of nitrogens with zero attached hydrogens (tertiary/aromatic N) is 1. The standard InChI is InChI=1S/C19H28N2O2S/c1-12(18-9-13-6-14(10-18)8-15(7-13)11-18)20-17(23)19-3-2-16(22)21(19)4-5-24-19/h12-15H,2-11H2,1H3,(H,20,23). The number of nitrogens with one attached hydrogen (secondary N) is 1. The van der Waals surface area contributed by atoms with Crippen molar-refractivity contribution in [1.82, 2.24) is 10.2 Å². The van der Waals surface area contributed by atoms with Gasteiger partial charge in [-0.1, -0.05) is 0 Å². The van der Waals surface area contributed by atoms with Crippen molar-refractivity contribution in [2.75, 3.05) is 12.3 Å². The molecule has 5 heteroatoms. The van der Waals surface area contributed by atoms with Crippen molar-refractivity contribution in [3.63, 3.8) is 0 Å². The van der Waals surface area contributed by atoms with Crippen LogP contribution in [0.15, 0.2) is 0 Å². The lowest BCUT2D eigenvalue weighted by atomic mass is 9.48. The van der Waals surface area contributed by atoms with Gasteiger partial charge in [0.15, 0.2) is 4.87 Å². The number of fused-ring (bicyclic) bond motifs is 1. The fourth-order valence-electron chi connectivity index (χ4n) is 6.98. The predicted molar refractivity (Wildman–Crippen MR) is 94.3 cm³/mol. The van der Waals surface area contributed by atoms with Crippen molar-refractivity contribution in [2.45, 2.75) is 69.2 Å². The zero-order valence-corrected chi connectivity index (χ0v) is 15.4. The maximum atomic E-state index is 13.2. The zero-order chi connectivity index (χ0) is 16.5. The molecule has 2 aliphatic heterocycles. The summed E-state index contributed by atoms with van der Waals surface area (Å²) in [7, 11) is 0. The van der Waals surface area contributed by atoms with E-state index >= 15 is 0 Å². The summed E-state index contributed by atoms with van der Waals surface area (Å²) in [5.41, 5.74) is 0.331. The van der Waals surface area contributed by atoms with Crippen LogP contribution in [-0.2, 0) is 9.59 Å². The van der Waals surface area contributed by atoms with Crippen LogP contribution >= 0.6 is 11.8 Å². The lowest BCUT2D eigenvalue weighted by Crippen LogP contribution is -2.60. The molecule has 0 aromatic rings. The third kappa shape index (κ3) is 2.06. The Bertz CT molecular complexity index is 557. The minimum atomic E-state index is -0.590. The largest absolute Gasteiger partial charge is 0.350 e. The van der Waals surface area contributed by atoms with Crippen LogP contribution < -0.4 is 5.32 Å². The van der Waals surface area contributed by atoms with Crippen molar-refractivity contribution in [3.8, 4) is 0 Å². The summed E-state index contributed by atoms with van der Waals surface area (Å²) in [6, 6.07) is 0.242. The molecule has 1 N–H and O–H groups in total. The minimum absolute atomic E-state index is 0.110. The zero-order valence-electron chi connectivity index (χ0n) is 14.6. The Kier molecular flexibility index (Phi) is 3.33. The Morgan fingerprint density at radius 3 is 2.46 bits per heavy atom. The van der Waals surface area contributed by atoms with Gasteiger partial charge in [-0.25, -0.2) is 0 Å². The number of thioether (sulfide) groups is 1. The van der Waals surface area contributed by atoms with Crippen LogP contribution in [0.2, 0.25) is 0 Å². The second-order valence-electron chi connectivity index (χ2n) is 9.15. The van der Waals surface area contributed by atoms with Crippen LogP contribution in [0.25, 0.3) is 0 Å². The minimum Gasteiger partial charge on any atom is -0.350 e. The van der Waals surface area contributed by atoms with Gasteiger partial charge in [0.2, 0.25) is 5.91 Å². The molecule has 0 radical (unpaired) electrons. The molecular weight excluding hydrogens is 320 g/mol. The van der Waals surface area contributed by atoms with Crippen LogP contribution in [0.4, 0.5) is 0 Å². The van der Waals surface area contributed by atoms with E-state index in [0.717, 1.165) is 30.1 Å². The molecule has 4 saturated carbocycles. The SMILES string of the molecule is CC(NC(=O)C12CCC(=O)N1CCS2)C12CC3CC(CC(C3)C1)C2. The summed E-state index contributed by atoms with van der Waals surface area (Å²) in [4.78, 5) is 26.5. The van der Waals surface area contributed by atoms with Crippen molar-refractivity contribution in [3.05, 3.63) is 0 Å². The molecule has 6 fully saturated rings. The van der Waals surface area contributed by atoms with Gasteiger partial charge in [0.05, 0.1) is 0 Å². The van der Waals surface area contributed by atoms with E-state index in [2.05, 4.69) is 12.2 Å². The number of amides is 2. The van der Waals surface area contributed by atoms with E-state index in [0.29, 0.717) is 18.3 Å². The van der Waals surface area contributed by atoms with Crippen molar-refractivity contribution < 1.29 is 9.59 Å². The van der Waals surface area contributed by atoms with Gasteiger partial charge in [0.1, 0.15) is 0 Å². The molecule has 2 amide bonds. The fourth-order valence-corrected chi connectivity index (χ4v) is 8.38. The lowest BCUT2D eigenvalue weighted by molar-refractivity contribution is -0.138. The van der Waals surface area contributed by atoms with Crippen molar-refractivity contribution in [2.24, 2.45) is 23.2 Å². The fraction of sp³-hybridized carbons (Fsp3) is 0.895. The molecular formula is C19H28N2O2S. The smallest absolute Gasteiger partial charge is 0.256 e. The highest BCUT2D eigenvalue weighted by Crippen LogP contribution is 2.61. The Hall–Kier alpha value is -0.710. The van der Waals surface area contributed by atoms with Gasteiger partial charge in [-0.2, -0.15) is 0 Å². The molecule has 0 aromatic heterocycles. The van der Waals surface area contributed by atoms with Gasteiger partial charge in [-0.15, -0.1) is 11.8 Å². The van der Waals surface area contributed by atoms with E-state index in [1.165, 1.54) is 38.5 Å². The van der Waals surface area contributed by atoms with E-state index < -0.39 is 4.87 Å². The Morgan fingerprint density at radius 2 is 1.83 bits per heavy atom. The molecule has 2 atom stereocenters. The highest BCUT2D eigenvalue weighted by Gasteiger charge is 2.57. The maximum absolute atomic E-state index is 13.2. The summed E-state index contributed by atoms with van der Waals surface area (Å²) >= 11 is 1.68. The highest BCUT2D eigenvalue weighted by molar-refractivity contribution is 8.01. The summed E-state index contributed by atoms with van der Waals surface area (Å²) in [5.74, 6) is 3.87. The highest BCUT2D eigenvalue weighted by atomic mass is 32.2. The first-order chi connectivity index (χ1) is 11.5. The third-order valence-electron chi connectivity index (χ3n) is 7.78. The number of hydrogen-bond donors (Lipinski definition) is 1. The van der Waals surface area contributed by atoms with Crippen LogP contribution in [0.5, 0.6) is 0 Å². The van der Waals surface area contributed by atoms with Gasteiger partial charge in [-0.05, 0) is 75.0 Å². The summed E-state index contributed by atoms with van der Waals surface area (Å²) in [6.45, 7) is 2.98. The molecule has 4 nitrogen and oxygen atoms in total. The average Bonchev–Trinajstić information content (AvgIpc) is 3.08. The number of carbonyl (C=O) groups is 2. The Balaban J connectivity index is 1.35. The van der Waals surface area contributed by atoms with E-state index in [1.54, 1.807) is 11.8 Å². The van der Waals surface area contributed by atoms with E-state index in [-0.39, 0.29) is 17.9 Å². The molecule has 0 spiro atoms. The topological polar surface area (TPSA) is 49.4 Å². The number of carbonyl (C=O) groups excluding carboxylic acids is 2. The lowest BCUT2D eigenvalue weighted by Gasteiger charge is -2.59. The summed E-state index contributed by atoms with van der Waals surface area (Å²) in [5, 5.41) is 3.41. The first-order valence-corrected chi connectivity index (χ1v) is 10.7. The monoisotopic (exact) mass is 348 g/mol. The summed E-state index contributed by atoms with van der Waals surface area (Å²) < 4.78 is 0. The summed E-state index contributed by atoms with van der Waals surface area (Å²) in [6.07, 6.45) is 9.45. The molecule has 132 valence electrons. The first kappa shape index (κ1) is 15.5. The first-order valence-electron chi connectivity index (χ1n) is 9.76. The quantitative estimate of drug-likeness (QED) is 0.853. The van der Waals surface area contributed by atoms with E-state index in [9.17, 15) is 9.59 Å². The van der Waals surface area contributed by atoms with Crippen molar-refractivity contribution >= 4 is 23.6 Å². The second kappa shape index (κ2) is 5.15. The molecule has 6 rings (SSSR count). The van der Waals surface area contributed by atoms with Gasteiger partial charge in [0.25, 0.3) is 5.91 Å². The predicted octanol–water partition coefficient (Wildman–Crippen LogP) is 2.77. The van der Waals surface area contributed by atoms with Crippen LogP contribution in [-0.4, -0.2) is 39.9 Å².